The van der Waals surface area contributed by atoms with Gasteiger partial charge in [-0.3, -0.25) is 9.59 Å². The van der Waals surface area contributed by atoms with E-state index in [-0.39, 0.29) is 11.8 Å². The molecule has 3 rings (SSSR count). The van der Waals surface area contributed by atoms with Crippen LogP contribution in [0.25, 0.3) is 11.0 Å². The fourth-order valence-electron chi connectivity index (χ4n) is 2.76. The molecule has 2 heterocycles. The van der Waals surface area contributed by atoms with Crippen LogP contribution in [0.1, 0.15) is 16.2 Å². The highest BCUT2D eigenvalue weighted by Crippen LogP contribution is 2.19. The number of piperazine rings is 1. The van der Waals surface area contributed by atoms with Crippen molar-refractivity contribution in [3.05, 3.63) is 29.6 Å². The van der Waals surface area contributed by atoms with Crippen molar-refractivity contribution in [2.24, 2.45) is 0 Å². The predicted molar refractivity (Wildman–Crippen MR) is 80.4 cm³/mol. The van der Waals surface area contributed by atoms with Crippen LogP contribution in [0.3, 0.4) is 0 Å². The van der Waals surface area contributed by atoms with Crippen LogP contribution in [-0.4, -0.2) is 69.5 Å². The molecule has 0 atom stereocenters. The summed E-state index contributed by atoms with van der Waals surface area (Å²) >= 11 is 0. The molecule has 1 aromatic carbocycles. The van der Waals surface area contributed by atoms with Gasteiger partial charge in [-0.25, -0.2) is 4.98 Å². The molecule has 2 amide bonds. The summed E-state index contributed by atoms with van der Waals surface area (Å²) in [5, 5.41) is 8.88. The number of hydrogen-bond donors (Lipinski definition) is 2. The standard InChI is InChI=1S/C15H18N4O3/c1-10-16-12-4-2-3-11(14(12)17-10)15(22)19-7-5-18(6-8-19)13(21)9-20/h2-4,20H,5-9H2,1H3,(H,16,17). The summed E-state index contributed by atoms with van der Waals surface area (Å²) in [5.74, 6) is 0.402. The number of nitrogens with zero attached hydrogens (tertiary/aromatic N) is 3. The zero-order valence-electron chi connectivity index (χ0n) is 12.4. The number of aliphatic hydroxyl groups excluding tert-OH is 1. The van der Waals surface area contributed by atoms with Crippen LogP contribution in [0.4, 0.5) is 0 Å². The number of rotatable bonds is 2. The molecule has 1 aromatic heterocycles. The van der Waals surface area contributed by atoms with Crippen molar-refractivity contribution in [2.75, 3.05) is 32.8 Å². The second-order valence-electron chi connectivity index (χ2n) is 5.36. The van der Waals surface area contributed by atoms with Gasteiger partial charge in [0.2, 0.25) is 5.91 Å². The first-order chi connectivity index (χ1) is 10.6. The minimum Gasteiger partial charge on any atom is -0.387 e. The summed E-state index contributed by atoms with van der Waals surface area (Å²) in [6.07, 6.45) is 0. The van der Waals surface area contributed by atoms with Crippen molar-refractivity contribution in [3.8, 4) is 0 Å². The average Bonchev–Trinajstić information content (AvgIpc) is 2.93. The molecule has 22 heavy (non-hydrogen) atoms. The normalized spacial score (nSPS) is 15.4. The summed E-state index contributed by atoms with van der Waals surface area (Å²) in [7, 11) is 0. The van der Waals surface area contributed by atoms with E-state index in [2.05, 4.69) is 9.97 Å². The third kappa shape index (κ3) is 2.55. The Morgan fingerprint density at radius 3 is 2.59 bits per heavy atom. The van der Waals surface area contributed by atoms with Crippen molar-refractivity contribution in [2.45, 2.75) is 6.92 Å². The lowest BCUT2D eigenvalue weighted by Crippen LogP contribution is -2.51. The van der Waals surface area contributed by atoms with E-state index in [0.29, 0.717) is 37.3 Å². The summed E-state index contributed by atoms with van der Waals surface area (Å²) in [4.78, 5) is 34.9. The Labute approximate surface area is 127 Å². The molecular weight excluding hydrogens is 284 g/mol. The van der Waals surface area contributed by atoms with Crippen molar-refractivity contribution in [1.82, 2.24) is 19.8 Å². The van der Waals surface area contributed by atoms with E-state index in [1.165, 1.54) is 0 Å². The van der Waals surface area contributed by atoms with Crippen LogP contribution in [-0.2, 0) is 4.79 Å². The van der Waals surface area contributed by atoms with Crippen molar-refractivity contribution in [3.63, 3.8) is 0 Å². The molecule has 0 bridgehead atoms. The zero-order valence-corrected chi connectivity index (χ0v) is 12.4. The number of hydrogen-bond acceptors (Lipinski definition) is 4. The van der Waals surface area contributed by atoms with Crippen LogP contribution < -0.4 is 0 Å². The fraction of sp³-hybridized carbons (Fsp3) is 0.400. The monoisotopic (exact) mass is 302 g/mol. The number of H-pyrrole nitrogens is 1. The maximum Gasteiger partial charge on any atom is 0.256 e. The number of nitrogens with one attached hydrogen (secondary N) is 1. The number of para-hydroxylation sites is 1. The van der Waals surface area contributed by atoms with Crippen LogP contribution in [0.5, 0.6) is 0 Å². The molecule has 0 spiro atoms. The maximum absolute atomic E-state index is 12.7. The Bertz CT molecular complexity index is 717. The number of amides is 2. The molecule has 7 heteroatoms. The molecule has 0 saturated carbocycles. The molecule has 1 fully saturated rings. The highest BCUT2D eigenvalue weighted by Gasteiger charge is 2.25. The van der Waals surface area contributed by atoms with Gasteiger partial charge in [-0.05, 0) is 19.1 Å². The van der Waals surface area contributed by atoms with E-state index < -0.39 is 6.61 Å². The van der Waals surface area contributed by atoms with Gasteiger partial charge in [0.05, 0.1) is 11.1 Å². The maximum atomic E-state index is 12.7. The second-order valence-corrected chi connectivity index (χ2v) is 5.36. The van der Waals surface area contributed by atoms with Gasteiger partial charge in [0.15, 0.2) is 0 Å². The Kier molecular flexibility index (Phi) is 3.81. The van der Waals surface area contributed by atoms with E-state index in [4.69, 9.17) is 5.11 Å². The lowest BCUT2D eigenvalue weighted by Gasteiger charge is -2.34. The van der Waals surface area contributed by atoms with E-state index in [1.807, 2.05) is 19.1 Å². The van der Waals surface area contributed by atoms with Crippen LogP contribution in [0, 0.1) is 6.92 Å². The largest absolute Gasteiger partial charge is 0.387 e. The second kappa shape index (κ2) is 5.76. The lowest BCUT2D eigenvalue weighted by molar-refractivity contribution is -0.135. The molecule has 2 N–H and O–H groups in total. The first kappa shape index (κ1) is 14.5. The molecule has 0 unspecified atom stereocenters. The Balaban J connectivity index is 1.78. The molecule has 1 aliphatic heterocycles. The predicted octanol–water partition coefficient (Wildman–Crippen LogP) is 0.148. The number of carbonyl (C=O) groups is 2. The fourth-order valence-corrected chi connectivity index (χ4v) is 2.76. The molecule has 2 aromatic rings. The van der Waals surface area contributed by atoms with Gasteiger partial charge < -0.3 is 19.9 Å². The minimum atomic E-state index is -0.486. The number of imidazole rings is 1. The highest BCUT2D eigenvalue weighted by molar-refractivity contribution is 6.05. The molecule has 1 saturated heterocycles. The number of benzene rings is 1. The molecule has 7 nitrogen and oxygen atoms in total. The van der Waals surface area contributed by atoms with Crippen LogP contribution in [0.15, 0.2) is 18.2 Å². The quantitative estimate of drug-likeness (QED) is 0.826. The summed E-state index contributed by atoms with van der Waals surface area (Å²) < 4.78 is 0. The zero-order chi connectivity index (χ0) is 15.7. The first-order valence-corrected chi connectivity index (χ1v) is 7.23. The topological polar surface area (TPSA) is 89.5 Å². The molecular formula is C15H18N4O3. The molecule has 1 aliphatic rings. The van der Waals surface area contributed by atoms with Crippen molar-refractivity contribution in [1.29, 1.82) is 0 Å². The molecule has 0 aliphatic carbocycles. The van der Waals surface area contributed by atoms with Gasteiger partial charge in [-0.1, -0.05) is 6.07 Å². The summed E-state index contributed by atoms with van der Waals surface area (Å²) in [6, 6.07) is 5.50. The number of aromatic amines is 1. The van der Waals surface area contributed by atoms with Crippen molar-refractivity contribution < 1.29 is 14.7 Å². The van der Waals surface area contributed by atoms with E-state index >= 15 is 0 Å². The van der Waals surface area contributed by atoms with Gasteiger partial charge in [0, 0.05) is 26.2 Å². The minimum absolute atomic E-state index is 0.0757. The molecule has 116 valence electrons. The van der Waals surface area contributed by atoms with Gasteiger partial charge in [-0.15, -0.1) is 0 Å². The number of aromatic nitrogens is 2. The third-order valence-corrected chi connectivity index (χ3v) is 3.92. The SMILES string of the molecule is Cc1nc2c(C(=O)N3CCN(C(=O)CO)CC3)cccc2[nH]1. The molecule has 0 radical (unpaired) electrons. The van der Waals surface area contributed by atoms with Crippen molar-refractivity contribution >= 4 is 22.8 Å². The van der Waals surface area contributed by atoms with E-state index in [9.17, 15) is 9.59 Å². The first-order valence-electron chi connectivity index (χ1n) is 7.23. The number of carbonyl (C=O) groups excluding carboxylic acids is 2. The Morgan fingerprint density at radius 2 is 1.91 bits per heavy atom. The van der Waals surface area contributed by atoms with E-state index in [1.54, 1.807) is 15.9 Å². The number of fused-ring (bicyclic) bond motifs is 1. The van der Waals surface area contributed by atoms with Gasteiger partial charge in [0.25, 0.3) is 5.91 Å². The number of aryl methyl sites for hydroxylation is 1. The van der Waals surface area contributed by atoms with Gasteiger partial charge in [-0.2, -0.15) is 0 Å². The van der Waals surface area contributed by atoms with Gasteiger partial charge >= 0.3 is 0 Å². The summed E-state index contributed by atoms with van der Waals surface area (Å²) in [5.41, 5.74) is 2.10. The number of aliphatic hydroxyl groups is 1. The smallest absolute Gasteiger partial charge is 0.256 e. The Hall–Kier alpha value is -2.41. The lowest BCUT2D eigenvalue weighted by atomic mass is 10.1. The third-order valence-electron chi connectivity index (χ3n) is 3.92. The van der Waals surface area contributed by atoms with Gasteiger partial charge in [0.1, 0.15) is 17.9 Å². The highest BCUT2D eigenvalue weighted by atomic mass is 16.3. The van der Waals surface area contributed by atoms with Crippen LogP contribution >= 0.6 is 0 Å². The average molecular weight is 302 g/mol. The summed E-state index contributed by atoms with van der Waals surface area (Å²) in [6.45, 7) is 3.18. The Morgan fingerprint density at radius 1 is 1.23 bits per heavy atom. The van der Waals surface area contributed by atoms with Crippen LogP contribution in [0.2, 0.25) is 0 Å². The van der Waals surface area contributed by atoms with E-state index in [0.717, 1.165) is 11.3 Å².